The summed E-state index contributed by atoms with van der Waals surface area (Å²) >= 11 is 0. The molecule has 0 aromatic heterocycles. The number of hydrogen-bond acceptors (Lipinski definition) is 4. The molecule has 2 fully saturated rings. The monoisotopic (exact) mass is 362 g/mol. The van der Waals surface area contributed by atoms with Gasteiger partial charge in [-0.15, -0.1) is 6.42 Å². The average Bonchev–Trinajstić information content (AvgIpc) is 2.68. The van der Waals surface area contributed by atoms with Crippen molar-refractivity contribution in [2.24, 2.45) is 5.92 Å². The minimum absolute atomic E-state index is 0.0702. The van der Waals surface area contributed by atoms with Gasteiger partial charge in [-0.25, -0.2) is 8.42 Å². The number of carbonyl (C=O) groups excluding carboxylic acids is 1. The summed E-state index contributed by atoms with van der Waals surface area (Å²) in [6.07, 6.45) is 6.84. The van der Waals surface area contributed by atoms with Gasteiger partial charge in [-0.1, -0.05) is 24.1 Å². The second-order valence-corrected chi connectivity index (χ2v) is 8.24. The van der Waals surface area contributed by atoms with E-state index in [4.69, 9.17) is 11.2 Å². The fourth-order valence-corrected chi connectivity index (χ4v) is 4.89. The third-order valence-corrected chi connectivity index (χ3v) is 6.60. The summed E-state index contributed by atoms with van der Waals surface area (Å²) in [5, 5.41) is 0. The molecule has 6 nitrogen and oxygen atoms in total. The summed E-state index contributed by atoms with van der Waals surface area (Å²) in [4.78, 5) is 14.8. The summed E-state index contributed by atoms with van der Waals surface area (Å²) in [5.41, 5.74) is 0. The Labute approximate surface area is 148 Å². The van der Waals surface area contributed by atoms with E-state index in [0.717, 1.165) is 0 Å². The Morgan fingerprint density at radius 3 is 2.72 bits per heavy atom. The number of piperidine rings is 1. The zero-order valence-electron chi connectivity index (χ0n) is 14.0. The molecular weight excluding hydrogens is 340 g/mol. The van der Waals surface area contributed by atoms with Crippen LogP contribution in [0.15, 0.2) is 35.2 Å². The van der Waals surface area contributed by atoms with Crippen LogP contribution < -0.4 is 0 Å². The molecule has 2 aliphatic rings. The van der Waals surface area contributed by atoms with Crippen molar-refractivity contribution in [1.82, 2.24) is 9.21 Å². The molecule has 1 aromatic rings. The Kier molecular flexibility index (Phi) is 5.42. The molecule has 1 amide bonds. The highest BCUT2D eigenvalue weighted by atomic mass is 32.2. The predicted octanol–water partition coefficient (Wildman–Crippen LogP) is 0.948. The summed E-state index contributed by atoms with van der Waals surface area (Å²) in [5.74, 6) is 2.16. The third-order valence-electron chi connectivity index (χ3n) is 4.72. The van der Waals surface area contributed by atoms with Crippen LogP contribution in [0, 0.1) is 18.3 Å². The van der Waals surface area contributed by atoms with E-state index in [-0.39, 0.29) is 29.3 Å². The molecule has 0 N–H and O–H groups in total. The maximum Gasteiger partial charge on any atom is 0.243 e. The lowest BCUT2D eigenvalue weighted by molar-refractivity contribution is -0.143. The van der Waals surface area contributed by atoms with Crippen molar-refractivity contribution in [2.45, 2.75) is 23.8 Å². The second kappa shape index (κ2) is 7.56. The Morgan fingerprint density at radius 2 is 2.00 bits per heavy atom. The molecule has 1 aromatic carbocycles. The molecule has 0 bridgehead atoms. The lowest BCUT2D eigenvalue weighted by atomic mass is 9.97. The fourth-order valence-electron chi connectivity index (χ4n) is 3.34. The van der Waals surface area contributed by atoms with Crippen LogP contribution in [0.3, 0.4) is 0 Å². The van der Waals surface area contributed by atoms with E-state index in [1.165, 1.54) is 4.31 Å². The first-order valence-electron chi connectivity index (χ1n) is 8.43. The van der Waals surface area contributed by atoms with Gasteiger partial charge in [0.15, 0.2) is 0 Å². The van der Waals surface area contributed by atoms with Crippen LogP contribution in [-0.2, 0) is 19.6 Å². The van der Waals surface area contributed by atoms with E-state index in [9.17, 15) is 13.2 Å². The Hall–Kier alpha value is -1.88. The fraction of sp³-hybridized carbons (Fsp3) is 0.500. The van der Waals surface area contributed by atoms with Crippen LogP contribution in [-0.4, -0.2) is 62.4 Å². The van der Waals surface area contributed by atoms with Crippen molar-refractivity contribution >= 4 is 15.9 Å². The van der Waals surface area contributed by atoms with Gasteiger partial charge in [0.25, 0.3) is 0 Å². The number of nitrogens with zero attached hydrogens (tertiary/aromatic N) is 2. The zero-order chi connectivity index (χ0) is 17.9. The van der Waals surface area contributed by atoms with Crippen molar-refractivity contribution in [1.29, 1.82) is 0 Å². The van der Waals surface area contributed by atoms with E-state index >= 15 is 0 Å². The van der Waals surface area contributed by atoms with Crippen LogP contribution >= 0.6 is 0 Å². The van der Waals surface area contributed by atoms with Gasteiger partial charge < -0.3 is 9.64 Å². The number of carbonyl (C=O) groups is 1. The third kappa shape index (κ3) is 3.71. The molecule has 2 unspecified atom stereocenters. The molecular formula is C18H22N2O4S. The quantitative estimate of drug-likeness (QED) is 0.751. The molecule has 2 heterocycles. The largest absolute Gasteiger partial charge is 0.376 e. The number of terminal acetylenes is 1. The molecule has 7 heteroatoms. The van der Waals surface area contributed by atoms with Gasteiger partial charge >= 0.3 is 0 Å². The van der Waals surface area contributed by atoms with Crippen molar-refractivity contribution in [2.75, 3.05) is 32.8 Å². The van der Waals surface area contributed by atoms with E-state index in [1.54, 1.807) is 35.2 Å². The van der Waals surface area contributed by atoms with Crippen molar-refractivity contribution in [3.63, 3.8) is 0 Å². The topological polar surface area (TPSA) is 66.9 Å². The lowest BCUT2D eigenvalue weighted by Gasteiger charge is -2.38. The number of benzene rings is 1. The highest BCUT2D eigenvalue weighted by Gasteiger charge is 2.37. The second-order valence-electron chi connectivity index (χ2n) is 6.30. The first-order valence-corrected chi connectivity index (χ1v) is 9.87. The highest BCUT2D eigenvalue weighted by Crippen LogP contribution is 2.26. The number of rotatable bonds is 3. The number of amides is 1. The summed E-state index contributed by atoms with van der Waals surface area (Å²) in [6, 6.07) is 7.96. The lowest BCUT2D eigenvalue weighted by Crippen LogP contribution is -2.53. The Bertz CT molecular complexity index is 757. The smallest absolute Gasteiger partial charge is 0.243 e. The number of hydrogen-bond donors (Lipinski definition) is 0. The van der Waals surface area contributed by atoms with Crippen LogP contribution in [0.25, 0.3) is 0 Å². The van der Waals surface area contributed by atoms with Gasteiger partial charge in [0.2, 0.25) is 15.9 Å². The summed E-state index contributed by atoms with van der Waals surface area (Å²) < 4.78 is 32.3. The normalized spacial score (nSPS) is 25.3. The van der Waals surface area contributed by atoms with E-state index < -0.39 is 10.0 Å². The Balaban J connectivity index is 1.75. The molecule has 25 heavy (non-hydrogen) atoms. The van der Waals surface area contributed by atoms with Gasteiger partial charge in [-0.3, -0.25) is 4.79 Å². The summed E-state index contributed by atoms with van der Waals surface area (Å²) in [7, 11) is -3.58. The standard InChI is InChI=1S/C18H22N2O4S/c1-2-16-14-24-12-11-20(16)18(21)15-7-6-10-19(13-15)25(22,23)17-8-4-3-5-9-17/h1,3-5,8-9,15-16H,6-7,10-14H2. The zero-order valence-corrected chi connectivity index (χ0v) is 14.8. The Morgan fingerprint density at radius 1 is 1.24 bits per heavy atom. The van der Waals surface area contributed by atoms with E-state index in [1.807, 2.05) is 0 Å². The van der Waals surface area contributed by atoms with Crippen molar-refractivity contribution in [3.8, 4) is 12.3 Å². The maximum absolute atomic E-state index is 12.9. The molecule has 0 saturated carbocycles. The SMILES string of the molecule is C#CC1COCCN1C(=O)C1CCCN(S(=O)(=O)c2ccccc2)C1. The van der Waals surface area contributed by atoms with E-state index in [2.05, 4.69) is 5.92 Å². The van der Waals surface area contributed by atoms with Gasteiger partial charge in [0.05, 0.1) is 24.0 Å². The molecule has 2 aliphatic heterocycles. The number of ether oxygens (including phenoxy) is 1. The molecule has 134 valence electrons. The van der Waals surface area contributed by atoms with Gasteiger partial charge in [0, 0.05) is 19.6 Å². The first kappa shape index (κ1) is 17.9. The van der Waals surface area contributed by atoms with Gasteiger partial charge in [0.1, 0.15) is 6.04 Å². The number of morpholine rings is 1. The first-order chi connectivity index (χ1) is 12.0. The van der Waals surface area contributed by atoms with Gasteiger partial charge in [-0.2, -0.15) is 4.31 Å². The average molecular weight is 362 g/mol. The summed E-state index contributed by atoms with van der Waals surface area (Å²) in [6.45, 7) is 1.88. The molecule has 0 spiro atoms. The minimum Gasteiger partial charge on any atom is -0.376 e. The van der Waals surface area contributed by atoms with Crippen molar-refractivity contribution in [3.05, 3.63) is 30.3 Å². The highest BCUT2D eigenvalue weighted by molar-refractivity contribution is 7.89. The molecule has 2 atom stereocenters. The van der Waals surface area contributed by atoms with Crippen LogP contribution in [0.1, 0.15) is 12.8 Å². The van der Waals surface area contributed by atoms with E-state index in [0.29, 0.717) is 39.1 Å². The molecule has 0 radical (unpaired) electrons. The maximum atomic E-state index is 12.9. The molecule has 2 saturated heterocycles. The van der Waals surface area contributed by atoms with Crippen LogP contribution in [0.4, 0.5) is 0 Å². The molecule has 0 aliphatic carbocycles. The van der Waals surface area contributed by atoms with Crippen LogP contribution in [0.5, 0.6) is 0 Å². The van der Waals surface area contributed by atoms with Crippen LogP contribution in [0.2, 0.25) is 0 Å². The van der Waals surface area contributed by atoms with Gasteiger partial charge in [-0.05, 0) is 25.0 Å². The predicted molar refractivity (Wildman–Crippen MR) is 93.1 cm³/mol. The molecule has 3 rings (SSSR count). The number of sulfonamides is 1. The van der Waals surface area contributed by atoms with Crippen molar-refractivity contribution < 1.29 is 17.9 Å². The minimum atomic E-state index is -3.58.